The Morgan fingerprint density at radius 3 is 1.83 bits per heavy atom. The maximum absolute atomic E-state index is 12.7. The van der Waals surface area contributed by atoms with Crippen molar-refractivity contribution >= 4 is 11.8 Å². The van der Waals surface area contributed by atoms with Gasteiger partial charge >= 0.3 is 0 Å². The number of pyridine rings is 2. The van der Waals surface area contributed by atoms with Crippen LogP contribution in [0.1, 0.15) is 34.8 Å². The van der Waals surface area contributed by atoms with Crippen LogP contribution in [0, 0.1) is 0 Å². The van der Waals surface area contributed by atoms with Gasteiger partial charge in [0.05, 0.1) is 0 Å². The van der Waals surface area contributed by atoms with Gasteiger partial charge in [0.15, 0.2) is 0 Å². The van der Waals surface area contributed by atoms with Crippen molar-refractivity contribution in [2.24, 2.45) is 0 Å². The number of carbonyl (C=O) groups is 2. The lowest BCUT2D eigenvalue weighted by Gasteiger charge is -2.44. The smallest absolute Gasteiger partial charge is 0.273 e. The van der Waals surface area contributed by atoms with Gasteiger partial charge in [-0.2, -0.15) is 0 Å². The molecule has 0 aromatic carbocycles. The largest absolute Gasteiger partial charge is 0.333 e. The molecular formula is C18H20N4O2. The molecule has 0 radical (unpaired) electrons. The molecule has 1 aliphatic rings. The zero-order chi connectivity index (χ0) is 17.1. The Hall–Kier alpha value is -2.76. The summed E-state index contributed by atoms with van der Waals surface area (Å²) in [6, 6.07) is 10.4. The van der Waals surface area contributed by atoms with Crippen molar-refractivity contribution in [3.05, 3.63) is 60.2 Å². The monoisotopic (exact) mass is 324 g/mol. The Kier molecular flexibility index (Phi) is 4.55. The van der Waals surface area contributed by atoms with E-state index in [2.05, 4.69) is 9.97 Å². The standard InChI is InChI=1S/C18H20N4O2/c1-13-11-21(17(23)15-7-3-5-9-19-15)12-14(2)22(13)18(24)16-8-4-6-10-20-16/h3-10,13-14H,11-12H2,1-2H3/t13-,14+. The van der Waals surface area contributed by atoms with Gasteiger partial charge < -0.3 is 9.80 Å². The third-order valence-corrected chi connectivity index (χ3v) is 4.21. The molecule has 2 aromatic rings. The molecule has 2 amide bonds. The van der Waals surface area contributed by atoms with E-state index < -0.39 is 0 Å². The molecule has 2 aromatic heterocycles. The van der Waals surface area contributed by atoms with Crippen LogP contribution in [0.3, 0.4) is 0 Å². The molecule has 1 saturated heterocycles. The van der Waals surface area contributed by atoms with Crippen molar-refractivity contribution in [2.45, 2.75) is 25.9 Å². The van der Waals surface area contributed by atoms with E-state index in [4.69, 9.17) is 0 Å². The van der Waals surface area contributed by atoms with Crippen LogP contribution >= 0.6 is 0 Å². The highest BCUT2D eigenvalue weighted by Gasteiger charge is 2.36. The summed E-state index contributed by atoms with van der Waals surface area (Å²) < 4.78 is 0. The maximum Gasteiger partial charge on any atom is 0.273 e. The minimum Gasteiger partial charge on any atom is -0.333 e. The zero-order valence-electron chi connectivity index (χ0n) is 13.8. The minimum absolute atomic E-state index is 0.0871. The number of piperazine rings is 1. The normalized spacial score (nSPS) is 20.8. The fourth-order valence-electron chi connectivity index (χ4n) is 3.16. The Morgan fingerprint density at radius 1 is 0.875 bits per heavy atom. The van der Waals surface area contributed by atoms with E-state index in [-0.39, 0.29) is 23.9 Å². The van der Waals surface area contributed by atoms with Gasteiger partial charge in [0.25, 0.3) is 11.8 Å². The minimum atomic E-state index is -0.0979. The van der Waals surface area contributed by atoms with Gasteiger partial charge in [-0.1, -0.05) is 12.1 Å². The number of aromatic nitrogens is 2. The summed E-state index contributed by atoms with van der Waals surface area (Å²) in [5.74, 6) is -0.195. The molecule has 3 heterocycles. The van der Waals surface area contributed by atoms with Crippen molar-refractivity contribution in [3.8, 4) is 0 Å². The summed E-state index contributed by atoms with van der Waals surface area (Å²) in [5, 5.41) is 0. The topological polar surface area (TPSA) is 66.4 Å². The molecule has 0 spiro atoms. The third kappa shape index (κ3) is 3.13. The van der Waals surface area contributed by atoms with Crippen LogP contribution in [0.4, 0.5) is 0 Å². The third-order valence-electron chi connectivity index (χ3n) is 4.21. The first-order chi connectivity index (χ1) is 11.6. The second-order valence-corrected chi connectivity index (χ2v) is 6.05. The van der Waals surface area contributed by atoms with Crippen LogP contribution in [0.5, 0.6) is 0 Å². The number of nitrogens with zero attached hydrogens (tertiary/aromatic N) is 4. The highest BCUT2D eigenvalue weighted by molar-refractivity contribution is 5.94. The fraction of sp³-hybridized carbons (Fsp3) is 0.333. The number of hydrogen-bond donors (Lipinski definition) is 0. The first-order valence-corrected chi connectivity index (χ1v) is 8.02. The second kappa shape index (κ2) is 6.78. The van der Waals surface area contributed by atoms with E-state index >= 15 is 0 Å². The van der Waals surface area contributed by atoms with E-state index in [0.717, 1.165) is 0 Å². The van der Waals surface area contributed by atoms with Crippen molar-refractivity contribution in [3.63, 3.8) is 0 Å². The Bertz CT molecular complexity index is 708. The molecule has 6 heteroatoms. The van der Waals surface area contributed by atoms with Gasteiger partial charge in [-0.3, -0.25) is 19.6 Å². The molecule has 24 heavy (non-hydrogen) atoms. The lowest BCUT2D eigenvalue weighted by Crippen LogP contribution is -2.59. The van der Waals surface area contributed by atoms with Gasteiger partial charge in [0.2, 0.25) is 0 Å². The van der Waals surface area contributed by atoms with Crippen molar-refractivity contribution < 1.29 is 9.59 Å². The Morgan fingerprint density at radius 2 is 1.38 bits per heavy atom. The molecule has 1 aliphatic heterocycles. The van der Waals surface area contributed by atoms with Crippen LogP contribution in [0.2, 0.25) is 0 Å². The fourth-order valence-corrected chi connectivity index (χ4v) is 3.16. The van der Waals surface area contributed by atoms with E-state index in [1.807, 2.05) is 18.7 Å². The molecule has 2 atom stereocenters. The predicted octanol–water partition coefficient (Wildman–Crippen LogP) is 1.85. The van der Waals surface area contributed by atoms with E-state index in [1.54, 1.807) is 53.7 Å². The van der Waals surface area contributed by atoms with Gasteiger partial charge in [0.1, 0.15) is 11.4 Å². The van der Waals surface area contributed by atoms with Crippen molar-refractivity contribution in [1.82, 2.24) is 19.8 Å². The number of rotatable bonds is 2. The Labute approximate surface area is 141 Å². The molecule has 3 rings (SSSR count). The summed E-state index contributed by atoms with van der Waals surface area (Å²) in [6.45, 7) is 4.88. The van der Waals surface area contributed by atoms with Crippen molar-refractivity contribution in [1.29, 1.82) is 0 Å². The molecule has 0 saturated carbocycles. The highest BCUT2D eigenvalue weighted by Crippen LogP contribution is 2.19. The van der Waals surface area contributed by atoms with E-state index in [1.165, 1.54) is 0 Å². The lowest BCUT2D eigenvalue weighted by atomic mass is 10.1. The second-order valence-electron chi connectivity index (χ2n) is 6.05. The van der Waals surface area contributed by atoms with Crippen LogP contribution in [0.15, 0.2) is 48.8 Å². The molecule has 0 aliphatic carbocycles. The molecular weight excluding hydrogens is 304 g/mol. The average molecular weight is 324 g/mol. The Balaban J connectivity index is 1.75. The van der Waals surface area contributed by atoms with Crippen LogP contribution in [-0.2, 0) is 0 Å². The summed E-state index contributed by atoms with van der Waals surface area (Å²) >= 11 is 0. The summed E-state index contributed by atoms with van der Waals surface area (Å²) in [7, 11) is 0. The van der Waals surface area contributed by atoms with Crippen molar-refractivity contribution in [2.75, 3.05) is 13.1 Å². The molecule has 0 N–H and O–H groups in total. The van der Waals surface area contributed by atoms with Gasteiger partial charge in [0, 0.05) is 37.6 Å². The average Bonchev–Trinajstić information content (AvgIpc) is 2.61. The molecule has 1 fully saturated rings. The first-order valence-electron chi connectivity index (χ1n) is 8.02. The van der Waals surface area contributed by atoms with Crippen LogP contribution < -0.4 is 0 Å². The number of carbonyl (C=O) groups excluding carboxylic acids is 2. The van der Waals surface area contributed by atoms with Gasteiger partial charge in [-0.25, -0.2) is 0 Å². The zero-order valence-corrected chi connectivity index (χ0v) is 13.8. The van der Waals surface area contributed by atoms with Gasteiger partial charge in [-0.15, -0.1) is 0 Å². The highest BCUT2D eigenvalue weighted by atomic mass is 16.2. The van der Waals surface area contributed by atoms with Crippen LogP contribution in [-0.4, -0.2) is 56.8 Å². The molecule has 6 nitrogen and oxygen atoms in total. The SMILES string of the molecule is C[C@@H]1CN(C(=O)c2ccccn2)C[C@H](C)N1C(=O)c1ccccn1. The predicted molar refractivity (Wildman–Crippen MR) is 89.5 cm³/mol. The van der Waals surface area contributed by atoms with Crippen LogP contribution in [0.25, 0.3) is 0 Å². The molecule has 0 bridgehead atoms. The van der Waals surface area contributed by atoms with E-state index in [0.29, 0.717) is 24.5 Å². The number of amides is 2. The number of hydrogen-bond acceptors (Lipinski definition) is 4. The summed E-state index contributed by atoms with van der Waals surface area (Å²) in [4.78, 5) is 37.1. The molecule has 124 valence electrons. The lowest BCUT2D eigenvalue weighted by molar-refractivity contribution is 0.0248. The summed E-state index contributed by atoms with van der Waals surface area (Å²) in [6.07, 6.45) is 3.23. The quantitative estimate of drug-likeness (QED) is 0.845. The summed E-state index contributed by atoms with van der Waals surface area (Å²) in [5.41, 5.74) is 0.863. The van der Waals surface area contributed by atoms with Gasteiger partial charge in [-0.05, 0) is 38.1 Å². The maximum atomic E-state index is 12.7. The molecule has 0 unspecified atom stereocenters. The first kappa shape index (κ1) is 16.1. The van der Waals surface area contributed by atoms with E-state index in [9.17, 15) is 9.59 Å².